The Morgan fingerprint density at radius 3 is 2.27 bits per heavy atom. The van der Waals surface area contributed by atoms with Gasteiger partial charge >= 0.3 is 0 Å². The zero-order valence-corrected chi connectivity index (χ0v) is 9.76. The highest BCUT2D eigenvalue weighted by atomic mass is 35.5. The van der Waals surface area contributed by atoms with Gasteiger partial charge < -0.3 is 9.47 Å². The molecule has 0 unspecified atom stereocenters. The highest BCUT2D eigenvalue weighted by molar-refractivity contribution is 5.91. The Bertz CT molecular complexity index is 298. The van der Waals surface area contributed by atoms with Crippen LogP contribution >= 0.6 is 12.4 Å². The van der Waals surface area contributed by atoms with Crippen molar-refractivity contribution in [2.75, 3.05) is 20.8 Å². The lowest BCUT2D eigenvalue weighted by Crippen LogP contribution is -2.01. The van der Waals surface area contributed by atoms with E-state index in [2.05, 4.69) is 0 Å². The molecule has 0 bridgehead atoms. The van der Waals surface area contributed by atoms with E-state index in [9.17, 15) is 0 Å². The lowest BCUT2D eigenvalue weighted by atomic mass is 10.1. The van der Waals surface area contributed by atoms with Gasteiger partial charge in [0.25, 0.3) is 0 Å². The molecule has 1 N–H and O–H groups in total. The van der Waals surface area contributed by atoms with Crippen LogP contribution in [-0.2, 0) is 15.9 Å². The van der Waals surface area contributed by atoms with Crippen LogP contribution in [-0.4, -0.2) is 26.7 Å². The molecule has 0 atom stereocenters. The number of ether oxygens (including phenoxy) is 2. The summed E-state index contributed by atoms with van der Waals surface area (Å²) in [5.41, 5.74) is 2.01. The standard InChI is InChI=1S/C11H15NO2.ClH/c1-13-8-7-9-3-5-10(6-4-9)11(12)14-2;/h3-6,12H,7-8H2,1-2H3;1H. The number of nitrogens with one attached hydrogen (secondary N) is 1. The fraction of sp³-hybridized carbons (Fsp3) is 0.364. The van der Waals surface area contributed by atoms with Crippen molar-refractivity contribution in [1.82, 2.24) is 0 Å². The van der Waals surface area contributed by atoms with Crippen LogP contribution in [0.15, 0.2) is 24.3 Å². The number of benzene rings is 1. The van der Waals surface area contributed by atoms with Crippen LogP contribution in [0.5, 0.6) is 0 Å². The van der Waals surface area contributed by atoms with Gasteiger partial charge in [0.2, 0.25) is 5.90 Å². The summed E-state index contributed by atoms with van der Waals surface area (Å²) in [5.74, 6) is 0.197. The van der Waals surface area contributed by atoms with Crippen LogP contribution in [0.1, 0.15) is 11.1 Å². The highest BCUT2D eigenvalue weighted by Gasteiger charge is 1.99. The Hall–Kier alpha value is -1.06. The molecule has 84 valence electrons. The zero-order valence-electron chi connectivity index (χ0n) is 8.95. The fourth-order valence-electron chi connectivity index (χ4n) is 1.16. The van der Waals surface area contributed by atoms with Crippen LogP contribution in [0.3, 0.4) is 0 Å². The molecule has 0 spiro atoms. The van der Waals surface area contributed by atoms with Crippen LogP contribution in [0, 0.1) is 5.41 Å². The second kappa shape index (κ2) is 7.26. The summed E-state index contributed by atoms with van der Waals surface area (Å²) >= 11 is 0. The molecule has 0 aliphatic heterocycles. The summed E-state index contributed by atoms with van der Waals surface area (Å²) in [7, 11) is 3.19. The SMILES string of the molecule is COCCc1ccc(C(=N)OC)cc1.Cl. The second-order valence-electron chi connectivity index (χ2n) is 2.97. The third kappa shape index (κ3) is 4.32. The van der Waals surface area contributed by atoms with Gasteiger partial charge in [-0.2, -0.15) is 0 Å². The van der Waals surface area contributed by atoms with Crippen LogP contribution in [0.25, 0.3) is 0 Å². The quantitative estimate of drug-likeness (QED) is 0.636. The van der Waals surface area contributed by atoms with E-state index in [0.29, 0.717) is 0 Å². The average molecular weight is 230 g/mol. The van der Waals surface area contributed by atoms with E-state index >= 15 is 0 Å². The molecule has 4 heteroatoms. The Kier molecular flexibility index (Phi) is 6.75. The fourth-order valence-corrected chi connectivity index (χ4v) is 1.16. The number of hydrogen-bond donors (Lipinski definition) is 1. The minimum Gasteiger partial charge on any atom is -0.481 e. The molecule has 3 nitrogen and oxygen atoms in total. The summed E-state index contributed by atoms with van der Waals surface area (Å²) in [6.07, 6.45) is 0.900. The van der Waals surface area contributed by atoms with E-state index in [-0.39, 0.29) is 18.3 Å². The van der Waals surface area contributed by atoms with Gasteiger partial charge in [-0.25, -0.2) is 0 Å². The van der Waals surface area contributed by atoms with Crippen molar-refractivity contribution in [1.29, 1.82) is 5.41 Å². The molecular weight excluding hydrogens is 214 g/mol. The van der Waals surface area contributed by atoms with E-state index in [4.69, 9.17) is 14.9 Å². The van der Waals surface area contributed by atoms with E-state index in [1.54, 1.807) is 7.11 Å². The van der Waals surface area contributed by atoms with Gasteiger partial charge in [0.1, 0.15) is 0 Å². The average Bonchev–Trinajstić information content (AvgIpc) is 2.26. The van der Waals surface area contributed by atoms with E-state index in [1.165, 1.54) is 12.7 Å². The minimum atomic E-state index is 0. The number of hydrogen-bond acceptors (Lipinski definition) is 3. The molecule has 0 fully saturated rings. The largest absolute Gasteiger partial charge is 0.481 e. The molecular formula is C11H16ClNO2. The van der Waals surface area contributed by atoms with Gasteiger partial charge in [-0.05, 0) is 24.1 Å². The van der Waals surface area contributed by atoms with Gasteiger partial charge in [-0.3, -0.25) is 5.41 Å². The lowest BCUT2D eigenvalue weighted by molar-refractivity contribution is 0.202. The molecule has 0 saturated carbocycles. The van der Waals surface area contributed by atoms with Gasteiger partial charge in [0.05, 0.1) is 13.7 Å². The van der Waals surface area contributed by atoms with E-state index in [0.717, 1.165) is 18.6 Å². The van der Waals surface area contributed by atoms with Crippen molar-refractivity contribution in [2.45, 2.75) is 6.42 Å². The molecule has 0 aliphatic rings. The van der Waals surface area contributed by atoms with Crippen molar-refractivity contribution >= 4 is 18.3 Å². The molecule has 0 amide bonds. The first-order chi connectivity index (χ1) is 6.77. The van der Waals surface area contributed by atoms with Gasteiger partial charge in [-0.15, -0.1) is 12.4 Å². The first kappa shape index (κ1) is 13.9. The topological polar surface area (TPSA) is 42.3 Å². The lowest BCUT2D eigenvalue weighted by Gasteiger charge is -2.04. The van der Waals surface area contributed by atoms with Crippen molar-refractivity contribution in [3.05, 3.63) is 35.4 Å². The Morgan fingerprint density at radius 2 is 1.80 bits per heavy atom. The predicted octanol–water partition coefficient (Wildman–Crippen LogP) is 2.27. The van der Waals surface area contributed by atoms with Gasteiger partial charge in [-0.1, -0.05) is 12.1 Å². The number of methoxy groups -OCH3 is 2. The Labute approximate surface area is 96.3 Å². The van der Waals surface area contributed by atoms with Gasteiger partial charge in [0, 0.05) is 12.7 Å². The summed E-state index contributed by atoms with van der Waals surface area (Å²) in [4.78, 5) is 0. The molecule has 1 aromatic carbocycles. The predicted molar refractivity (Wildman–Crippen MR) is 63.1 cm³/mol. The van der Waals surface area contributed by atoms with Crippen LogP contribution in [0.4, 0.5) is 0 Å². The molecule has 0 saturated heterocycles. The normalized spacial score (nSPS) is 9.20. The van der Waals surface area contributed by atoms with E-state index < -0.39 is 0 Å². The summed E-state index contributed by atoms with van der Waals surface area (Å²) in [6.45, 7) is 0.723. The maximum Gasteiger partial charge on any atom is 0.212 e. The zero-order chi connectivity index (χ0) is 10.4. The first-order valence-corrected chi connectivity index (χ1v) is 4.48. The summed E-state index contributed by atoms with van der Waals surface area (Å²) in [6, 6.07) is 7.75. The van der Waals surface area contributed by atoms with Crippen molar-refractivity contribution in [3.8, 4) is 0 Å². The van der Waals surface area contributed by atoms with Gasteiger partial charge in [0.15, 0.2) is 0 Å². The third-order valence-corrected chi connectivity index (χ3v) is 2.02. The minimum absolute atomic E-state index is 0. The maximum atomic E-state index is 7.44. The second-order valence-corrected chi connectivity index (χ2v) is 2.97. The van der Waals surface area contributed by atoms with Crippen molar-refractivity contribution in [2.24, 2.45) is 0 Å². The molecule has 0 heterocycles. The number of rotatable bonds is 4. The molecule has 1 rings (SSSR count). The Balaban J connectivity index is 0.00000196. The molecule has 15 heavy (non-hydrogen) atoms. The maximum absolute atomic E-state index is 7.44. The monoisotopic (exact) mass is 229 g/mol. The van der Waals surface area contributed by atoms with Crippen molar-refractivity contribution < 1.29 is 9.47 Å². The van der Waals surface area contributed by atoms with Crippen LogP contribution < -0.4 is 0 Å². The Morgan fingerprint density at radius 1 is 1.20 bits per heavy atom. The smallest absolute Gasteiger partial charge is 0.212 e. The molecule has 0 aliphatic carbocycles. The summed E-state index contributed by atoms with van der Waals surface area (Å²) < 4.78 is 9.79. The third-order valence-electron chi connectivity index (χ3n) is 2.02. The molecule has 0 radical (unpaired) electrons. The van der Waals surface area contributed by atoms with E-state index in [1.807, 2.05) is 24.3 Å². The van der Waals surface area contributed by atoms with Crippen molar-refractivity contribution in [3.63, 3.8) is 0 Å². The molecule has 0 aromatic heterocycles. The molecule has 1 aromatic rings. The number of halogens is 1. The van der Waals surface area contributed by atoms with Crippen LogP contribution in [0.2, 0.25) is 0 Å². The summed E-state index contributed by atoms with van der Waals surface area (Å²) in [5, 5.41) is 7.44. The highest BCUT2D eigenvalue weighted by Crippen LogP contribution is 2.06. The first-order valence-electron chi connectivity index (χ1n) is 4.48.